The minimum Gasteiger partial charge on any atom is -1.00 e. The summed E-state index contributed by atoms with van der Waals surface area (Å²) < 4.78 is 2.69. The van der Waals surface area contributed by atoms with Crippen LogP contribution in [-0.4, -0.2) is 26.0 Å². The second kappa shape index (κ2) is 7.21. The van der Waals surface area contributed by atoms with Gasteiger partial charge in [-0.2, -0.15) is 0 Å². The summed E-state index contributed by atoms with van der Waals surface area (Å²) in [6, 6.07) is 8.99. The molecule has 0 spiro atoms. The van der Waals surface area contributed by atoms with Crippen molar-refractivity contribution in [2.75, 3.05) is 0 Å². The molecule has 7 nitrogen and oxygen atoms in total. The lowest BCUT2D eigenvalue weighted by atomic mass is 9.94. The normalized spacial score (nSPS) is 12.0. The standard InChI is InChI=1S/C18H19N3O4.ClH/c1-10-11(2)21(25)18(20(10)3)14(9-16(22)23)13-8-12-6-4-5-7-15(12)19-17(13)24;/h4-8,14H,9H2,1-3H3,(H2-,19,22,23,24,25);1H. The highest BCUT2D eigenvalue weighted by Gasteiger charge is 2.35. The fourth-order valence-corrected chi connectivity index (χ4v) is 3.20. The third-order valence-electron chi connectivity index (χ3n) is 4.75. The average Bonchev–Trinajstić information content (AvgIpc) is 2.76. The average molecular weight is 378 g/mol. The first kappa shape index (κ1) is 19.5. The number of carbonyl (C=O) groups is 1. The number of halogens is 1. The third kappa shape index (κ3) is 3.17. The lowest BCUT2D eigenvalue weighted by Gasteiger charge is -2.12. The van der Waals surface area contributed by atoms with Gasteiger partial charge in [0.05, 0.1) is 13.5 Å². The third-order valence-corrected chi connectivity index (χ3v) is 4.75. The summed E-state index contributed by atoms with van der Waals surface area (Å²) in [5.74, 6) is -1.47. The Labute approximate surface area is 155 Å². The van der Waals surface area contributed by atoms with Crippen molar-refractivity contribution in [1.29, 1.82) is 0 Å². The molecule has 1 aromatic carbocycles. The van der Waals surface area contributed by atoms with Crippen LogP contribution in [0.2, 0.25) is 0 Å². The SMILES string of the molecule is Cc1c(C)[n+](C)c(C(CC(=O)O)c2cc3ccccc3[nH]c2=O)n1O.[Cl-]. The summed E-state index contributed by atoms with van der Waals surface area (Å²) in [5, 5.41) is 20.6. The second-order valence-corrected chi connectivity index (χ2v) is 6.19. The molecule has 0 amide bonds. The summed E-state index contributed by atoms with van der Waals surface area (Å²) in [5.41, 5.74) is 2.03. The first-order chi connectivity index (χ1) is 11.8. The van der Waals surface area contributed by atoms with Gasteiger partial charge in [0, 0.05) is 24.9 Å². The van der Waals surface area contributed by atoms with Crippen LogP contribution in [0.25, 0.3) is 10.9 Å². The number of benzene rings is 1. The van der Waals surface area contributed by atoms with E-state index in [4.69, 9.17) is 0 Å². The Bertz CT molecular complexity index is 1010. The van der Waals surface area contributed by atoms with Crippen LogP contribution in [0.3, 0.4) is 0 Å². The molecule has 0 aliphatic carbocycles. The zero-order valence-corrected chi connectivity index (χ0v) is 15.4. The maximum atomic E-state index is 12.6. The molecule has 138 valence electrons. The molecular weight excluding hydrogens is 358 g/mol. The van der Waals surface area contributed by atoms with Gasteiger partial charge in [0.1, 0.15) is 11.6 Å². The number of pyridine rings is 1. The molecule has 1 atom stereocenters. The Morgan fingerprint density at radius 2 is 1.96 bits per heavy atom. The summed E-state index contributed by atoms with van der Waals surface area (Å²) in [4.78, 5) is 26.8. The highest BCUT2D eigenvalue weighted by molar-refractivity contribution is 5.79. The first-order valence-electron chi connectivity index (χ1n) is 7.92. The Morgan fingerprint density at radius 1 is 1.31 bits per heavy atom. The van der Waals surface area contributed by atoms with Crippen molar-refractivity contribution in [3.63, 3.8) is 0 Å². The maximum absolute atomic E-state index is 12.6. The first-order valence-corrected chi connectivity index (χ1v) is 7.92. The minimum absolute atomic E-state index is 0. The van der Waals surface area contributed by atoms with Crippen molar-refractivity contribution in [2.45, 2.75) is 26.2 Å². The number of nitrogens with one attached hydrogen (secondary N) is 1. The number of H-pyrrole nitrogens is 1. The molecular formula is C18H20ClN3O4. The van der Waals surface area contributed by atoms with E-state index in [1.54, 1.807) is 30.7 Å². The number of imidazole rings is 1. The molecule has 3 aromatic rings. The van der Waals surface area contributed by atoms with Gasteiger partial charge in [-0.15, -0.1) is 0 Å². The molecule has 0 saturated carbocycles. The molecule has 0 fully saturated rings. The van der Waals surface area contributed by atoms with Crippen molar-refractivity contribution in [2.24, 2.45) is 7.05 Å². The molecule has 3 N–H and O–H groups in total. The van der Waals surface area contributed by atoms with Crippen LogP contribution in [0.15, 0.2) is 35.1 Å². The molecule has 0 aliphatic rings. The highest BCUT2D eigenvalue weighted by Crippen LogP contribution is 2.26. The number of nitrogens with zero attached hydrogens (tertiary/aromatic N) is 2. The number of aromatic amines is 1. The number of aromatic nitrogens is 3. The summed E-state index contributed by atoms with van der Waals surface area (Å²) in [7, 11) is 1.74. The predicted molar refractivity (Wildman–Crippen MR) is 90.9 cm³/mol. The largest absolute Gasteiger partial charge is 1.00 e. The van der Waals surface area contributed by atoms with E-state index in [0.29, 0.717) is 22.6 Å². The van der Waals surface area contributed by atoms with Crippen molar-refractivity contribution >= 4 is 16.9 Å². The smallest absolute Gasteiger partial charge is 0.304 e. The molecule has 2 heterocycles. The molecule has 8 heteroatoms. The number of carboxylic acids is 1. The molecule has 0 saturated heterocycles. The number of hydrogen-bond donors (Lipinski definition) is 3. The van der Waals surface area contributed by atoms with Gasteiger partial charge in [0.2, 0.25) is 0 Å². The van der Waals surface area contributed by atoms with Gasteiger partial charge in [0.25, 0.3) is 5.56 Å². The summed E-state index contributed by atoms with van der Waals surface area (Å²) in [6.07, 6.45) is -0.307. The number of aliphatic carboxylic acids is 1. The van der Waals surface area contributed by atoms with E-state index in [0.717, 1.165) is 15.8 Å². The van der Waals surface area contributed by atoms with Crippen LogP contribution >= 0.6 is 0 Å². The zero-order chi connectivity index (χ0) is 18.3. The fraction of sp³-hybridized carbons (Fsp3) is 0.278. The van der Waals surface area contributed by atoms with E-state index in [9.17, 15) is 19.9 Å². The Hall–Kier alpha value is -2.80. The Kier molecular flexibility index (Phi) is 5.41. The molecule has 0 aliphatic heterocycles. The van der Waals surface area contributed by atoms with Crippen molar-refractivity contribution in [3.8, 4) is 0 Å². The summed E-state index contributed by atoms with van der Waals surface area (Å²) in [6.45, 7) is 3.56. The topological polar surface area (TPSA) is 99.2 Å². The monoisotopic (exact) mass is 377 g/mol. The number of rotatable bonds is 4. The van der Waals surface area contributed by atoms with Crippen molar-refractivity contribution < 1.29 is 32.1 Å². The van der Waals surface area contributed by atoms with Gasteiger partial charge in [-0.3, -0.25) is 9.59 Å². The number of fused-ring (bicyclic) bond motifs is 1. The molecule has 0 radical (unpaired) electrons. The van der Waals surface area contributed by atoms with Crippen molar-refractivity contribution in [1.82, 2.24) is 9.71 Å². The van der Waals surface area contributed by atoms with Crippen LogP contribution in [-0.2, 0) is 11.8 Å². The van der Waals surface area contributed by atoms with E-state index in [-0.39, 0.29) is 24.4 Å². The van der Waals surface area contributed by atoms with Gasteiger partial charge in [-0.1, -0.05) is 18.2 Å². The molecule has 3 rings (SSSR count). The van der Waals surface area contributed by atoms with Crippen LogP contribution in [0.1, 0.15) is 35.1 Å². The fourth-order valence-electron chi connectivity index (χ4n) is 3.20. The summed E-state index contributed by atoms with van der Waals surface area (Å²) >= 11 is 0. The number of para-hydroxylation sites is 1. The van der Waals surface area contributed by atoms with Gasteiger partial charge < -0.3 is 27.7 Å². The van der Waals surface area contributed by atoms with E-state index in [2.05, 4.69) is 4.98 Å². The van der Waals surface area contributed by atoms with E-state index in [1.807, 2.05) is 25.1 Å². The lowest BCUT2D eigenvalue weighted by Crippen LogP contribution is -3.00. The van der Waals surface area contributed by atoms with Gasteiger partial charge >= 0.3 is 11.8 Å². The quantitative estimate of drug-likeness (QED) is 0.385. The number of hydrogen-bond acceptors (Lipinski definition) is 3. The van der Waals surface area contributed by atoms with Crippen LogP contribution in [0, 0.1) is 13.8 Å². The predicted octanol–water partition coefficient (Wildman–Crippen LogP) is -1.38. The zero-order valence-electron chi connectivity index (χ0n) is 14.7. The highest BCUT2D eigenvalue weighted by atomic mass is 35.5. The molecule has 1 unspecified atom stereocenters. The van der Waals surface area contributed by atoms with E-state index in [1.165, 1.54) is 0 Å². The van der Waals surface area contributed by atoms with Gasteiger partial charge in [-0.25, -0.2) is 4.57 Å². The maximum Gasteiger partial charge on any atom is 0.304 e. The Morgan fingerprint density at radius 3 is 2.54 bits per heavy atom. The van der Waals surface area contributed by atoms with Crippen LogP contribution in [0.4, 0.5) is 0 Å². The second-order valence-electron chi connectivity index (χ2n) is 6.19. The molecule has 0 bridgehead atoms. The minimum atomic E-state index is -1.05. The van der Waals surface area contributed by atoms with Crippen molar-refractivity contribution in [3.05, 3.63) is 63.5 Å². The Balaban J connectivity index is 0.00000243. The lowest BCUT2D eigenvalue weighted by molar-refractivity contribution is -0.686. The van der Waals surface area contributed by atoms with Gasteiger partial charge in [-0.05, 0) is 22.2 Å². The van der Waals surface area contributed by atoms with Crippen LogP contribution in [0.5, 0.6) is 0 Å². The molecule has 2 aromatic heterocycles. The van der Waals surface area contributed by atoms with E-state index >= 15 is 0 Å². The van der Waals surface area contributed by atoms with Crippen LogP contribution < -0.4 is 22.5 Å². The van der Waals surface area contributed by atoms with E-state index < -0.39 is 11.9 Å². The molecule has 26 heavy (non-hydrogen) atoms. The van der Waals surface area contributed by atoms with Gasteiger partial charge in [0.15, 0.2) is 5.69 Å². The number of carboxylic acid groups (broad SMARTS) is 1.